The summed E-state index contributed by atoms with van der Waals surface area (Å²) >= 11 is 0. The molecule has 2 saturated heterocycles. The third-order valence-corrected chi connectivity index (χ3v) is 5.03. The third-order valence-electron chi connectivity index (χ3n) is 5.03. The predicted octanol–water partition coefficient (Wildman–Crippen LogP) is 1.56. The number of anilines is 1. The van der Waals surface area contributed by atoms with Crippen molar-refractivity contribution in [2.24, 2.45) is 7.05 Å². The topological polar surface area (TPSA) is 67.4 Å². The fraction of sp³-hybridized carbons (Fsp3) is 0.786. The second kappa shape index (κ2) is 5.29. The van der Waals surface area contributed by atoms with Crippen LogP contribution in [0.4, 0.5) is 11.5 Å². The van der Waals surface area contributed by atoms with Crippen molar-refractivity contribution < 1.29 is 4.92 Å². The summed E-state index contributed by atoms with van der Waals surface area (Å²) < 4.78 is 1.69. The number of nitro groups is 1. The molecule has 2 fully saturated rings. The van der Waals surface area contributed by atoms with E-state index in [4.69, 9.17) is 0 Å². The fourth-order valence-corrected chi connectivity index (χ4v) is 3.84. The maximum atomic E-state index is 11.5. The lowest BCUT2D eigenvalue weighted by atomic mass is 10.1. The van der Waals surface area contributed by atoms with Crippen molar-refractivity contribution in [3.63, 3.8) is 0 Å². The van der Waals surface area contributed by atoms with Gasteiger partial charge in [-0.25, -0.2) is 4.68 Å². The van der Waals surface area contributed by atoms with E-state index in [1.165, 1.54) is 12.8 Å². The molecule has 3 rings (SSSR count). The van der Waals surface area contributed by atoms with Crippen molar-refractivity contribution in [3.05, 3.63) is 15.8 Å². The van der Waals surface area contributed by atoms with Gasteiger partial charge in [-0.15, -0.1) is 0 Å². The third kappa shape index (κ3) is 2.29. The first-order chi connectivity index (χ1) is 10.0. The first-order valence-electron chi connectivity index (χ1n) is 7.70. The first-order valence-corrected chi connectivity index (χ1v) is 7.70. The van der Waals surface area contributed by atoms with Crippen LogP contribution in [0.1, 0.15) is 31.9 Å². The van der Waals surface area contributed by atoms with Crippen LogP contribution in [0.5, 0.6) is 0 Å². The maximum absolute atomic E-state index is 11.5. The highest BCUT2D eigenvalue weighted by Crippen LogP contribution is 2.36. The van der Waals surface area contributed by atoms with Gasteiger partial charge < -0.3 is 4.90 Å². The molecule has 0 aliphatic carbocycles. The van der Waals surface area contributed by atoms with E-state index in [-0.39, 0.29) is 10.6 Å². The Hall–Kier alpha value is -1.63. The number of aryl methyl sites for hydroxylation is 2. The summed E-state index contributed by atoms with van der Waals surface area (Å²) in [5.41, 5.74) is 0.778. The number of hydrogen-bond donors (Lipinski definition) is 0. The Morgan fingerprint density at radius 1 is 1.29 bits per heavy atom. The molecule has 1 aromatic rings. The highest BCUT2D eigenvalue weighted by Gasteiger charge is 2.38. The molecule has 21 heavy (non-hydrogen) atoms. The summed E-state index contributed by atoms with van der Waals surface area (Å²) in [6, 6.07) is 1.12. The minimum Gasteiger partial charge on any atom is -0.349 e. The zero-order chi connectivity index (χ0) is 15.1. The van der Waals surface area contributed by atoms with Crippen LogP contribution in [0.15, 0.2) is 0 Å². The van der Waals surface area contributed by atoms with E-state index in [1.807, 2.05) is 14.0 Å². The monoisotopic (exact) mass is 293 g/mol. The van der Waals surface area contributed by atoms with Crippen LogP contribution in [0.2, 0.25) is 0 Å². The summed E-state index contributed by atoms with van der Waals surface area (Å²) in [6.45, 7) is 3.64. The lowest BCUT2D eigenvalue weighted by Gasteiger charge is -2.26. The van der Waals surface area contributed by atoms with Crippen molar-refractivity contribution in [1.82, 2.24) is 14.7 Å². The summed E-state index contributed by atoms with van der Waals surface area (Å²) in [5, 5.41) is 15.8. The Balaban J connectivity index is 1.97. The highest BCUT2D eigenvalue weighted by molar-refractivity contribution is 5.62. The van der Waals surface area contributed by atoms with Gasteiger partial charge in [-0.2, -0.15) is 5.10 Å². The molecule has 7 heteroatoms. The van der Waals surface area contributed by atoms with Crippen LogP contribution in [0, 0.1) is 10.1 Å². The second-order valence-electron chi connectivity index (χ2n) is 6.14. The quantitative estimate of drug-likeness (QED) is 0.625. The molecular weight excluding hydrogens is 270 g/mol. The van der Waals surface area contributed by atoms with E-state index in [0.29, 0.717) is 30.0 Å². The molecule has 3 heterocycles. The Morgan fingerprint density at radius 3 is 2.67 bits per heavy atom. The highest BCUT2D eigenvalue weighted by atomic mass is 16.6. The molecule has 0 amide bonds. The average molecular weight is 293 g/mol. The number of hydrogen-bond acceptors (Lipinski definition) is 5. The second-order valence-corrected chi connectivity index (χ2v) is 6.14. The molecule has 116 valence electrons. The largest absolute Gasteiger partial charge is 0.349 e. The smallest absolute Gasteiger partial charge is 0.334 e. The summed E-state index contributed by atoms with van der Waals surface area (Å²) in [5.74, 6) is 0.679. The summed E-state index contributed by atoms with van der Waals surface area (Å²) in [7, 11) is 4.00. The van der Waals surface area contributed by atoms with Gasteiger partial charge in [0, 0.05) is 32.2 Å². The molecule has 0 saturated carbocycles. The Morgan fingerprint density at radius 2 is 2.00 bits per heavy atom. The Kier molecular flexibility index (Phi) is 3.61. The Labute approximate surface area is 124 Å². The molecule has 2 atom stereocenters. The lowest BCUT2D eigenvalue weighted by Crippen LogP contribution is -2.37. The van der Waals surface area contributed by atoms with Crippen LogP contribution < -0.4 is 4.90 Å². The minimum atomic E-state index is -0.270. The van der Waals surface area contributed by atoms with Crippen LogP contribution in [-0.4, -0.2) is 51.8 Å². The Bertz CT molecular complexity index is 556. The molecule has 7 nitrogen and oxygen atoms in total. The zero-order valence-electron chi connectivity index (χ0n) is 12.9. The molecule has 2 bridgehead atoms. The molecule has 0 radical (unpaired) electrons. The van der Waals surface area contributed by atoms with Gasteiger partial charge in [0.1, 0.15) is 5.69 Å². The van der Waals surface area contributed by atoms with E-state index in [9.17, 15) is 10.1 Å². The van der Waals surface area contributed by atoms with Crippen LogP contribution in [-0.2, 0) is 13.5 Å². The summed E-state index contributed by atoms with van der Waals surface area (Å²) in [4.78, 5) is 15.8. The fourth-order valence-electron chi connectivity index (χ4n) is 3.84. The molecule has 2 aliphatic heterocycles. The van der Waals surface area contributed by atoms with Crippen molar-refractivity contribution in [1.29, 1.82) is 0 Å². The molecule has 0 aromatic carbocycles. The lowest BCUT2D eigenvalue weighted by molar-refractivity contribution is -0.384. The SMILES string of the molecule is CCc1nn(C)c(N2CCC3CCC(C2)N3C)c1[N+](=O)[O-]. The number of fused-ring (bicyclic) bond motifs is 2. The van der Waals surface area contributed by atoms with Gasteiger partial charge in [-0.05, 0) is 32.7 Å². The number of aromatic nitrogens is 2. The zero-order valence-corrected chi connectivity index (χ0v) is 12.9. The van der Waals surface area contributed by atoms with Gasteiger partial charge in [-0.1, -0.05) is 6.92 Å². The predicted molar refractivity (Wildman–Crippen MR) is 80.6 cm³/mol. The average Bonchev–Trinajstić information content (AvgIpc) is 2.88. The van der Waals surface area contributed by atoms with E-state index >= 15 is 0 Å². The minimum absolute atomic E-state index is 0.195. The van der Waals surface area contributed by atoms with Crippen molar-refractivity contribution >= 4 is 11.5 Å². The first kappa shape index (κ1) is 14.3. The molecule has 1 aromatic heterocycles. The van der Waals surface area contributed by atoms with Crippen molar-refractivity contribution in [2.75, 3.05) is 25.0 Å². The van der Waals surface area contributed by atoms with E-state index < -0.39 is 0 Å². The van der Waals surface area contributed by atoms with Gasteiger partial charge in [0.15, 0.2) is 0 Å². The van der Waals surface area contributed by atoms with E-state index in [1.54, 1.807) is 4.68 Å². The number of nitrogens with zero attached hydrogens (tertiary/aromatic N) is 5. The van der Waals surface area contributed by atoms with Gasteiger partial charge in [0.25, 0.3) is 0 Å². The number of likely N-dealkylation sites (N-methyl/N-ethyl adjacent to an activating group) is 1. The van der Waals surface area contributed by atoms with Gasteiger partial charge in [0.2, 0.25) is 5.82 Å². The van der Waals surface area contributed by atoms with Gasteiger partial charge in [-0.3, -0.25) is 15.0 Å². The molecular formula is C14H23N5O2. The standard InChI is InChI=1S/C14H23N5O2/c1-4-12-13(19(20)21)14(17(3)15-12)18-8-7-10-5-6-11(9-18)16(10)2/h10-11H,4-9H2,1-3H3. The molecule has 0 spiro atoms. The molecule has 2 unspecified atom stereocenters. The van der Waals surface area contributed by atoms with Gasteiger partial charge >= 0.3 is 5.69 Å². The van der Waals surface area contributed by atoms with Crippen LogP contribution >= 0.6 is 0 Å². The molecule has 0 N–H and O–H groups in total. The van der Waals surface area contributed by atoms with Gasteiger partial charge in [0.05, 0.1) is 4.92 Å². The maximum Gasteiger partial charge on any atom is 0.334 e. The van der Waals surface area contributed by atoms with Crippen LogP contribution in [0.25, 0.3) is 0 Å². The normalized spacial score (nSPS) is 26.1. The van der Waals surface area contributed by atoms with Crippen LogP contribution in [0.3, 0.4) is 0 Å². The molecule has 2 aliphatic rings. The van der Waals surface area contributed by atoms with E-state index in [0.717, 1.165) is 19.5 Å². The number of rotatable bonds is 3. The summed E-state index contributed by atoms with van der Waals surface area (Å²) in [6.07, 6.45) is 4.09. The van der Waals surface area contributed by atoms with Crippen molar-refractivity contribution in [2.45, 2.75) is 44.7 Å². The van der Waals surface area contributed by atoms with E-state index in [2.05, 4.69) is 21.9 Å². The van der Waals surface area contributed by atoms with Crippen molar-refractivity contribution in [3.8, 4) is 0 Å².